The molecule has 0 unspecified atom stereocenters. The second-order valence-corrected chi connectivity index (χ2v) is 10.2. The second kappa shape index (κ2) is 12.2. The summed E-state index contributed by atoms with van der Waals surface area (Å²) < 4.78 is 27.3. The summed E-state index contributed by atoms with van der Waals surface area (Å²) in [7, 11) is 0. The number of rotatable bonds is 11. The van der Waals surface area contributed by atoms with Crippen LogP contribution in [0.1, 0.15) is 29.1 Å². The second-order valence-electron chi connectivity index (χ2n) is 9.03. The van der Waals surface area contributed by atoms with E-state index in [1.165, 1.54) is 23.9 Å². The van der Waals surface area contributed by atoms with Crippen LogP contribution in [0.25, 0.3) is 16.5 Å². The van der Waals surface area contributed by atoms with Gasteiger partial charge in [0.05, 0.1) is 6.61 Å². The average Bonchev–Trinajstić information content (AvgIpc) is 3.32. The minimum Gasteiger partial charge on any atom is -0.490 e. The van der Waals surface area contributed by atoms with Gasteiger partial charge >= 0.3 is 0 Å². The molecule has 4 aromatic carbocycles. The first-order valence-electron chi connectivity index (χ1n) is 12.8. The summed E-state index contributed by atoms with van der Waals surface area (Å²) in [4.78, 5) is 11.3. The van der Waals surface area contributed by atoms with E-state index in [2.05, 4.69) is 28.4 Å². The Morgan fingerprint density at radius 2 is 1.75 bits per heavy atom. The number of thioether (sulfide) groups is 1. The zero-order chi connectivity index (χ0) is 28.1. The van der Waals surface area contributed by atoms with Crippen LogP contribution in [0.2, 0.25) is 0 Å². The molecule has 0 fully saturated rings. The largest absolute Gasteiger partial charge is 0.490 e. The molecule has 0 spiro atoms. The van der Waals surface area contributed by atoms with Gasteiger partial charge in [0.1, 0.15) is 23.5 Å². The van der Waals surface area contributed by atoms with E-state index in [9.17, 15) is 14.5 Å². The fourth-order valence-electron chi connectivity index (χ4n) is 4.47. The monoisotopic (exact) mass is 558 g/mol. The Hall–Kier alpha value is -4.44. The molecule has 0 bridgehead atoms. The van der Waals surface area contributed by atoms with Gasteiger partial charge in [-0.05, 0) is 72.1 Å². The van der Waals surface area contributed by atoms with E-state index in [4.69, 9.17) is 9.47 Å². The molecule has 0 aliphatic carbocycles. The van der Waals surface area contributed by atoms with Gasteiger partial charge in [-0.25, -0.2) is 4.39 Å². The van der Waals surface area contributed by atoms with Crippen molar-refractivity contribution in [2.45, 2.75) is 30.9 Å². The molecule has 5 aromatic rings. The predicted molar refractivity (Wildman–Crippen MR) is 152 cm³/mol. The molecule has 0 radical (unpaired) electrons. The van der Waals surface area contributed by atoms with Gasteiger partial charge < -0.3 is 9.47 Å². The molecular formula is C30H27FN4O4S. The number of hydrogen-bond donors (Lipinski definition) is 0. The standard InChI is InChI=1S/C30H27FN4O4S/c1-3-38-28-17-22(11-16-27(28)39-19-23-9-6-8-21-7-4-5-10-26(21)23)29(18-34(36)37)40-30-33-32-20(2)35(30)25-14-12-24(31)13-15-25/h4-17,29H,3,18-19H2,1-2H3/t29-/m0/s1. The van der Waals surface area contributed by atoms with Crippen LogP contribution in [0.3, 0.4) is 0 Å². The number of aryl methyl sites for hydroxylation is 1. The molecule has 1 atom stereocenters. The molecule has 1 aromatic heterocycles. The van der Waals surface area contributed by atoms with Crippen molar-refractivity contribution in [3.05, 3.63) is 118 Å². The van der Waals surface area contributed by atoms with E-state index in [-0.39, 0.29) is 17.3 Å². The molecule has 8 nitrogen and oxygen atoms in total. The Morgan fingerprint density at radius 3 is 2.52 bits per heavy atom. The van der Waals surface area contributed by atoms with E-state index in [0.717, 1.165) is 16.3 Å². The molecule has 0 aliphatic heterocycles. The molecular weight excluding hydrogens is 531 g/mol. The highest BCUT2D eigenvalue weighted by atomic mass is 32.2. The maximum absolute atomic E-state index is 13.5. The van der Waals surface area contributed by atoms with Crippen molar-refractivity contribution in [3.8, 4) is 17.2 Å². The van der Waals surface area contributed by atoms with Gasteiger partial charge in [0, 0.05) is 10.6 Å². The minimum atomic E-state index is -0.593. The number of nitrogens with zero attached hydrogens (tertiary/aromatic N) is 4. The smallest absolute Gasteiger partial charge is 0.220 e. The predicted octanol–water partition coefficient (Wildman–Crippen LogP) is 6.96. The normalized spacial score (nSPS) is 11.9. The van der Waals surface area contributed by atoms with Crippen molar-refractivity contribution in [3.63, 3.8) is 0 Å². The molecule has 10 heteroatoms. The van der Waals surface area contributed by atoms with Gasteiger partial charge in [-0.15, -0.1) is 10.2 Å². The first kappa shape index (κ1) is 27.1. The minimum absolute atomic E-state index is 0.341. The number of hydrogen-bond acceptors (Lipinski definition) is 7. The molecule has 40 heavy (non-hydrogen) atoms. The third-order valence-electron chi connectivity index (χ3n) is 6.35. The summed E-state index contributed by atoms with van der Waals surface area (Å²) in [6.45, 7) is 4.05. The SMILES string of the molecule is CCOc1cc([C@H](C[N+](=O)[O-])Sc2nnc(C)n2-c2ccc(F)cc2)ccc1OCc1cccc2ccccc12. The highest BCUT2D eigenvalue weighted by Gasteiger charge is 2.25. The first-order chi connectivity index (χ1) is 19.4. The Morgan fingerprint density at radius 1 is 0.975 bits per heavy atom. The summed E-state index contributed by atoms with van der Waals surface area (Å²) >= 11 is 1.22. The van der Waals surface area contributed by atoms with Crippen molar-refractivity contribution in [1.82, 2.24) is 14.8 Å². The zero-order valence-corrected chi connectivity index (χ0v) is 22.8. The molecule has 0 saturated carbocycles. The number of nitro groups is 1. The third-order valence-corrected chi connectivity index (χ3v) is 7.53. The lowest BCUT2D eigenvalue weighted by Gasteiger charge is -2.18. The highest BCUT2D eigenvalue weighted by molar-refractivity contribution is 7.99. The fourth-order valence-corrected chi connectivity index (χ4v) is 5.63. The Kier molecular flexibility index (Phi) is 8.26. The average molecular weight is 559 g/mol. The van der Waals surface area contributed by atoms with Crippen LogP contribution >= 0.6 is 11.8 Å². The van der Waals surface area contributed by atoms with Crippen LogP contribution in [-0.4, -0.2) is 32.8 Å². The number of halogens is 1. The molecule has 1 heterocycles. The van der Waals surface area contributed by atoms with Gasteiger partial charge in [-0.2, -0.15) is 0 Å². The number of ether oxygens (including phenoxy) is 2. The van der Waals surface area contributed by atoms with Crippen molar-refractivity contribution in [2.24, 2.45) is 0 Å². The molecule has 5 rings (SSSR count). The zero-order valence-electron chi connectivity index (χ0n) is 22.0. The number of aromatic nitrogens is 3. The topological polar surface area (TPSA) is 92.3 Å². The van der Waals surface area contributed by atoms with Crippen molar-refractivity contribution >= 4 is 22.5 Å². The summed E-state index contributed by atoms with van der Waals surface area (Å²) in [6.07, 6.45) is 0. The van der Waals surface area contributed by atoms with Crippen LogP contribution < -0.4 is 9.47 Å². The Bertz CT molecular complexity index is 1640. The van der Waals surface area contributed by atoms with Crippen molar-refractivity contribution in [2.75, 3.05) is 13.2 Å². The number of benzene rings is 4. The van der Waals surface area contributed by atoms with Crippen LogP contribution in [0, 0.1) is 22.9 Å². The fraction of sp³-hybridized carbons (Fsp3) is 0.200. The quantitative estimate of drug-likeness (QED) is 0.0983. The third kappa shape index (κ3) is 6.07. The lowest BCUT2D eigenvalue weighted by Crippen LogP contribution is -2.12. The highest BCUT2D eigenvalue weighted by Crippen LogP contribution is 2.40. The lowest BCUT2D eigenvalue weighted by atomic mass is 10.1. The number of fused-ring (bicyclic) bond motifs is 1. The van der Waals surface area contributed by atoms with Crippen molar-refractivity contribution in [1.29, 1.82) is 0 Å². The van der Waals surface area contributed by atoms with E-state index in [1.54, 1.807) is 35.8 Å². The Balaban J connectivity index is 1.43. The van der Waals surface area contributed by atoms with Crippen LogP contribution in [0.15, 0.2) is 90.1 Å². The molecule has 0 aliphatic rings. The van der Waals surface area contributed by atoms with E-state index in [1.807, 2.05) is 37.3 Å². The van der Waals surface area contributed by atoms with Crippen LogP contribution in [-0.2, 0) is 6.61 Å². The lowest BCUT2D eigenvalue weighted by molar-refractivity contribution is -0.479. The van der Waals surface area contributed by atoms with Crippen molar-refractivity contribution < 1.29 is 18.8 Å². The summed E-state index contributed by atoms with van der Waals surface area (Å²) in [5, 5.41) is 22.2. The maximum Gasteiger partial charge on any atom is 0.220 e. The van der Waals surface area contributed by atoms with Gasteiger partial charge in [0.25, 0.3) is 0 Å². The molecule has 0 saturated heterocycles. The van der Waals surface area contributed by atoms with E-state index < -0.39 is 5.25 Å². The van der Waals surface area contributed by atoms with E-state index >= 15 is 0 Å². The maximum atomic E-state index is 13.5. The molecule has 204 valence electrons. The van der Waals surface area contributed by atoms with Gasteiger partial charge in [0.2, 0.25) is 6.54 Å². The van der Waals surface area contributed by atoms with Crippen LogP contribution in [0.5, 0.6) is 11.5 Å². The molecule has 0 amide bonds. The summed E-state index contributed by atoms with van der Waals surface area (Å²) in [5.41, 5.74) is 2.40. The van der Waals surface area contributed by atoms with Gasteiger partial charge in [-0.1, -0.05) is 60.3 Å². The Labute approximate surface area is 234 Å². The van der Waals surface area contributed by atoms with E-state index in [0.29, 0.717) is 46.9 Å². The van der Waals surface area contributed by atoms with Gasteiger partial charge in [-0.3, -0.25) is 14.7 Å². The summed E-state index contributed by atoms with van der Waals surface area (Å²) in [5.74, 6) is 1.28. The van der Waals surface area contributed by atoms with Gasteiger partial charge in [0.15, 0.2) is 16.7 Å². The summed E-state index contributed by atoms with van der Waals surface area (Å²) in [6, 6.07) is 25.5. The van der Waals surface area contributed by atoms with Crippen LogP contribution in [0.4, 0.5) is 4.39 Å². The molecule has 0 N–H and O–H groups in total. The first-order valence-corrected chi connectivity index (χ1v) is 13.6.